The molecule has 1 spiro atoms. The summed E-state index contributed by atoms with van der Waals surface area (Å²) in [6.07, 6.45) is -0.00658. The molecule has 4 heterocycles. The minimum Gasteiger partial charge on any atom is -0.456 e. The van der Waals surface area contributed by atoms with Crippen molar-refractivity contribution in [3.63, 3.8) is 0 Å². The highest BCUT2D eigenvalue weighted by molar-refractivity contribution is 6.26. The van der Waals surface area contributed by atoms with Crippen molar-refractivity contribution in [3.05, 3.63) is 177 Å². The van der Waals surface area contributed by atoms with E-state index in [0.29, 0.717) is 63.2 Å². The third-order valence-electron chi connectivity index (χ3n) is 15.6. The van der Waals surface area contributed by atoms with Crippen molar-refractivity contribution in [2.75, 3.05) is 76.1 Å². The van der Waals surface area contributed by atoms with E-state index in [9.17, 15) is 28.8 Å². The van der Waals surface area contributed by atoms with Gasteiger partial charge in [-0.25, -0.2) is 0 Å². The number of fused-ring (bicyclic) bond motifs is 6. The number of rotatable bonds is 19. The fourth-order valence-electron chi connectivity index (χ4n) is 11.9. The molecule has 0 bridgehead atoms. The number of aryl methyl sites for hydroxylation is 2. The van der Waals surface area contributed by atoms with Crippen LogP contribution in [0.1, 0.15) is 106 Å². The van der Waals surface area contributed by atoms with Crippen LogP contribution in [0, 0.1) is 13.8 Å². The molecule has 11 rings (SSSR count). The first-order valence-electron chi connectivity index (χ1n) is 26.7. The maximum atomic E-state index is 15.2. The van der Waals surface area contributed by atoms with Crippen LogP contribution in [-0.4, -0.2) is 126 Å². The summed E-state index contributed by atoms with van der Waals surface area (Å²) in [7, 11) is 0. The van der Waals surface area contributed by atoms with E-state index in [0.717, 1.165) is 59.8 Å². The molecule has 396 valence electrons. The van der Waals surface area contributed by atoms with Crippen molar-refractivity contribution in [1.29, 1.82) is 0 Å². The molecule has 4 aliphatic rings. The normalized spacial score (nSPS) is 14.7. The second kappa shape index (κ2) is 20.9. The minimum atomic E-state index is -1.13. The molecular formula is C62H60N8O8. The molecule has 16 heteroatoms. The lowest BCUT2D eigenvalue weighted by Gasteiger charge is -2.45. The molecular weight excluding hydrogens is 985 g/mol. The maximum absolute atomic E-state index is 15.2. The molecule has 0 saturated heterocycles. The van der Waals surface area contributed by atoms with Crippen molar-refractivity contribution in [2.45, 2.75) is 46.1 Å². The van der Waals surface area contributed by atoms with E-state index in [1.807, 2.05) is 98.2 Å². The topological polar surface area (TPSA) is 190 Å². The number of carbonyl (C=O) groups excluding carboxylic acids is 7. The van der Waals surface area contributed by atoms with Crippen LogP contribution in [0.25, 0.3) is 21.5 Å². The number of benzene rings is 7. The summed E-state index contributed by atoms with van der Waals surface area (Å²) in [4.78, 5) is 103. The Bertz CT molecular complexity index is 3370. The Kier molecular flexibility index (Phi) is 13.7. The summed E-state index contributed by atoms with van der Waals surface area (Å²) in [5.41, 5.74) is 7.37. The largest absolute Gasteiger partial charge is 0.456 e. The lowest BCUT2D eigenvalue weighted by atomic mass is 9.73. The quantitative estimate of drug-likeness (QED) is 0.0571. The molecule has 7 aromatic carbocycles. The van der Waals surface area contributed by atoms with E-state index in [-0.39, 0.29) is 82.9 Å². The second-order valence-electron chi connectivity index (χ2n) is 20.2. The Balaban J connectivity index is 0.840. The van der Waals surface area contributed by atoms with Gasteiger partial charge in [0.2, 0.25) is 11.8 Å². The maximum Gasteiger partial charge on any atom is 0.261 e. The van der Waals surface area contributed by atoms with Crippen LogP contribution in [0.5, 0.6) is 11.5 Å². The second-order valence-corrected chi connectivity index (χ2v) is 20.2. The number of nitrogens with zero attached hydrogens (tertiary/aromatic N) is 4. The van der Waals surface area contributed by atoms with Crippen LogP contribution in [-0.2, 0) is 15.1 Å². The van der Waals surface area contributed by atoms with Gasteiger partial charge in [0.25, 0.3) is 29.5 Å². The van der Waals surface area contributed by atoms with Gasteiger partial charge >= 0.3 is 0 Å². The molecule has 0 atom stereocenters. The Labute approximate surface area is 451 Å². The van der Waals surface area contributed by atoms with Gasteiger partial charge in [-0.15, -0.1) is 0 Å². The third-order valence-corrected chi connectivity index (χ3v) is 15.6. The number of hydrogen-bond acceptors (Lipinski definition) is 11. The molecule has 0 radical (unpaired) electrons. The van der Waals surface area contributed by atoms with Gasteiger partial charge in [0.05, 0.1) is 0 Å². The molecule has 0 unspecified atom stereocenters. The highest BCUT2D eigenvalue weighted by atomic mass is 16.5. The van der Waals surface area contributed by atoms with Crippen LogP contribution >= 0.6 is 0 Å². The summed E-state index contributed by atoms with van der Waals surface area (Å²) in [6.45, 7) is 10.3. The molecule has 4 N–H and O–H groups in total. The summed E-state index contributed by atoms with van der Waals surface area (Å²) in [5.74, 6) is -1.31. The SMILES string of the molecule is CCNc1cc2c(cc1C)C1(c3cc(C)c(NCC)cc3O2)c2ccccc2C(=O)N1CCN(CCC(=O)NCCN1C(=O)c2cccc3cccc(c23)C1=O)CCC(=O)NCCN1C(=O)c2cccc3cccc(c23)C1=O. The zero-order valence-corrected chi connectivity index (χ0v) is 44.1. The Morgan fingerprint density at radius 2 is 0.923 bits per heavy atom. The lowest BCUT2D eigenvalue weighted by Crippen LogP contribution is -2.50. The lowest BCUT2D eigenvalue weighted by molar-refractivity contribution is -0.121. The number of ether oxygens (including phenoxy) is 1. The molecule has 78 heavy (non-hydrogen) atoms. The monoisotopic (exact) mass is 1040 g/mol. The van der Waals surface area contributed by atoms with Crippen LogP contribution in [0.2, 0.25) is 0 Å². The first-order chi connectivity index (χ1) is 37.8. The summed E-state index contributed by atoms with van der Waals surface area (Å²) >= 11 is 0. The van der Waals surface area contributed by atoms with Gasteiger partial charge in [-0.05, 0) is 97.6 Å². The summed E-state index contributed by atoms with van der Waals surface area (Å²) < 4.78 is 6.83. The Hall–Kier alpha value is -8.89. The molecule has 7 aromatic rings. The van der Waals surface area contributed by atoms with Crippen molar-refractivity contribution in [3.8, 4) is 11.5 Å². The molecule has 0 aliphatic carbocycles. The predicted octanol–water partition coefficient (Wildman–Crippen LogP) is 8.23. The van der Waals surface area contributed by atoms with E-state index < -0.39 is 29.2 Å². The van der Waals surface area contributed by atoms with E-state index in [4.69, 9.17) is 4.74 Å². The van der Waals surface area contributed by atoms with Gasteiger partial charge in [-0.1, -0.05) is 66.7 Å². The zero-order chi connectivity index (χ0) is 54.4. The Morgan fingerprint density at radius 1 is 0.500 bits per heavy atom. The fourth-order valence-corrected chi connectivity index (χ4v) is 11.9. The molecule has 0 fully saturated rings. The van der Waals surface area contributed by atoms with Gasteiger partial charge in [0, 0.05) is 152 Å². The van der Waals surface area contributed by atoms with E-state index in [2.05, 4.69) is 33.4 Å². The zero-order valence-electron chi connectivity index (χ0n) is 44.1. The number of amides is 7. The molecule has 7 amide bonds. The Morgan fingerprint density at radius 3 is 1.36 bits per heavy atom. The fraction of sp³-hybridized carbons (Fsp3) is 0.274. The van der Waals surface area contributed by atoms with E-state index >= 15 is 4.79 Å². The standard InChI is InChI=1S/C62H60N8O8/c1-5-63-49-35-51-47(33-37(49)3)62(48-34-38(4)50(64-6-2)36-52(48)78-51)46-22-8-7-17-41(46)61(77)70(62)32-31-67(27-23-53(71)65-25-29-68-57(73)42-18-9-13-39-14-10-19-43(55(39)42)58(68)74)28-24-54(72)66-26-30-69-59(75)44-20-11-15-40-16-12-21-45(56(40)44)60(69)76/h7-22,33-36,63-64H,5-6,23-32H2,1-4H3,(H,65,71)(H,66,72). The van der Waals surface area contributed by atoms with Crippen LogP contribution in [0.3, 0.4) is 0 Å². The highest BCUT2D eigenvalue weighted by Crippen LogP contribution is 2.59. The number of imide groups is 2. The van der Waals surface area contributed by atoms with Crippen molar-refractivity contribution in [1.82, 2.24) is 30.2 Å². The third kappa shape index (κ3) is 8.75. The van der Waals surface area contributed by atoms with Crippen LogP contribution < -0.4 is 26.0 Å². The van der Waals surface area contributed by atoms with Gasteiger partial charge in [0.1, 0.15) is 17.0 Å². The van der Waals surface area contributed by atoms with E-state index in [1.165, 1.54) is 0 Å². The van der Waals surface area contributed by atoms with Crippen LogP contribution in [0.15, 0.2) is 121 Å². The number of carbonyl (C=O) groups is 7. The molecule has 0 saturated carbocycles. The number of hydrogen-bond donors (Lipinski definition) is 4. The molecule has 4 aliphatic heterocycles. The van der Waals surface area contributed by atoms with Crippen molar-refractivity contribution >= 4 is 74.3 Å². The van der Waals surface area contributed by atoms with E-state index in [1.54, 1.807) is 48.5 Å². The van der Waals surface area contributed by atoms with Gasteiger partial charge in [-0.2, -0.15) is 0 Å². The average molecular weight is 1050 g/mol. The highest BCUT2D eigenvalue weighted by Gasteiger charge is 2.56. The first kappa shape index (κ1) is 51.2. The van der Waals surface area contributed by atoms with Gasteiger partial charge < -0.3 is 35.8 Å². The number of nitrogens with one attached hydrogen (secondary N) is 4. The van der Waals surface area contributed by atoms with Crippen molar-refractivity contribution < 1.29 is 38.3 Å². The smallest absolute Gasteiger partial charge is 0.261 e. The van der Waals surface area contributed by atoms with Crippen LogP contribution in [0.4, 0.5) is 11.4 Å². The molecule has 16 nitrogen and oxygen atoms in total. The minimum absolute atomic E-state index is 0.00329. The summed E-state index contributed by atoms with van der Waals surface area (Å²) in [6, 6.07) is 37.3. The summed E-state index contributed by atoms with van der Waals surface area (Å²) in [5, 5.41) is 15.6. The van der Waals surface area contributed by atoms with Crippen molar-refractivity contribution in [2.24, 2.45) is 0 Å². The average Bonchev–Trinajstić information content (AvgIpc) is 3.11. The van der Waals surface area contributed by atoms with Gasteiger partial charge in [-0.3, -0.25) is 43.4 Å². The number of anilines is 2. The van der Waals surface area contributed by atoms with Gasteiger partial charge in [0.15, 0.2) is 0 Å². The first-order valence-corrected chi connectivity index (χ1v) is 26.7. The predicted molar refractivity (Wildman–Crippen MR) is 298 cm³/mol. The molecule has 0 aromatic heterocycles.